The number of benzene rings is 1. The number of carbonyl (C=O) groups excluding carboxylic acids is 3. The lowest BCUT2D eigenvalue weighted by molar-refractivity contribution is -0.123. The van der Waals surface area contributed by atoms with Crippen LogP contribution in [0.25, 0.3) is 0 Å². The fourth-order valence-electron chi connectivity index (χ4n) is 1.85. The number of thiazole rings is 1. The normalized spacial score (nSPS) is 10.1. The van der Waals surface area contributed by atoms with E-state index in [2.05, 4.69) is 9.72 Å². The highest BCUT2D eigenvalue weighted by atomic mass is 32.1. The first-order chi connectivity index (χ1) is 12.5. The maximum absolute atomic E-state index is 11.9. The van der Waals surface area contributed by atoms with Gasteiger partial charge in [-0.15, -0.1) is 11.3 Å². The summed E-state index contributed by atoms with van der Waals surface area (Å²) in [4.78, 5) is 38.7. The third kappa shape index (κ3) is 6.17. The van der Waals surface area contributed by atoms with E-state index < -0.39 is 24.6 Å². The van der Waals surface area contributed by atoms with Gasteiger partial charge in [0.25, 0.3) is 5.91 Å². The number of aryl methyl sites for hydroxylation is 1. The number of rotatable bonds is 7. The van der Waals surface area contributed by atoms with Crippen LogP contribution in [0, 0.1) is 6.92 Å². The molecule has 9 heteroatoms. The van der Waals surface area contributed by atoms with Crippen LogP contribution in [0.3, 0.4) is 0 Å². The molecule has 0 saturated carbocycles. The first-order valence-corrected chi connectivity index (χ1v) is 8.63. The molecule has 0 radical (unpaired) electrons. The molecule has 1 aromatic heterocycles. The lowest BCUT2D eigenvalue weighted by atomic mass is 10.2. The Hall–Kier alpha value is -2.94. The fourth-order valence-corrected chi connectivity index (χ4v) is 2.45. The number of esters is 1. The van der Waals surface area contributed by atoms with Gasteiger partial charge in [-0.2, -0.15) is 0 Å². The van der Waals surface area contributed by atoms with E-state index in [1.807, 2.05) is 17.6 Å². The zero-order valence-electron chi connectivity index (χ0n) is 14.3. The van der Waals surface area contributed by atoms with Gasteiger partial charge in [-0.25, -0.2) is 14.6 Å². The molecule has 0 aliphatic rings. The minimum Gasteiger partial charge on any atom is -0.487 e. The quantitative estimate of drug-likeness (QED) is 0.738. The van der Waals surface area contributed by atoms with Crippen molar-refractivity contribution in [2.45, 2.75) is 20.5 Å². The second-order valence-corrected chi connectivity index (χ2v) is 6.08. The monoisotopic (exact) mass is 378 g/mol. The first-order valence-electron chi connectivity index (χ1n) is 7.75. The van der Waals surface area contributed by atoms with Gasteiger partial charge in [0.05, 0.1) is 22.9 Å². The van der Waals surface area contributed by atoms with Crippen molar-refractivity contribution < 1.29 is 28.6 Å². The number of hydrogen-bond donors (Lipinski definition) is 1. The van der Waals surface area contributed by atoms with Crippen LogP contribution in [-0.2, 0) is 20.9 Å². The molecule has 1 heterocycles. The molecule has 0 bridgehead atoms. The van der Waals surface area contributed by atoms with E-state index in [-0.39, 0.29) is 12.2 Å². The molecule has 2 amide bonds. The van der Waals surface area contributed by atoms with Gasteiger partial charge in [0.2, 0.25) is 0 Å². The zero-order valence-corrected chi connectivity index (χ0v) is 15.1. The summed E-state index contributed by atoms with van der Waals surface area (Å²) in [5.41, 5.74) is 1.09. The Morgan fingerprint density at radius 3 is 2.50 bits per heavy atom. The molecule has 1 N–H and O–H groups in total. The molecule has 0 spiro atoms. The minimum absolute atomic E-state index is 0.134. The molecule has 0 atom stereocenters. The van der Waals surface area contributed by atoms with Crippen molar-refractivity contribution in [3.63, 3.8) is 0 Å². The predicted molar refractivity (Wildman–Crippen MR) is 93.1 cm³/mol. The summed E-state index contributed by atoms with van der Waals surface area (Å²) in [6.07, 6.45) is -0.884. The highest BCUT2D eigenvalue weighted by Crippen LogP contribution is 2.16. The van der Waals surface area contributed by atoms with E-state index in [0.29, 0.717) is 12.4 Å². The number of alkyl carbamates (subject to hydrolysis) is 1. The molecule has 2 rings (SSSR count). The van der Waals surface area contributed by atoms with Crippen LogP contribution in [0.2, 0.25) is 0 Å². The largest absolute Gasteiger partial charge is 0.487 e. The third-order valence-electron chi connectivity index (χ3n) is 2.99. The van der Waals surface area contributed by atoms with Gasteiger partial charge in [0.15, 0.2) is 6.61 Å². The Balaban J connectivity index is 1.78. The summed E-state index contributed by atoms with van der Waals surface area (Å²) in [6.45, 7) is 3.41. The molecule has 0 aliphatic carbocycles. The fraction of sp³-hybridized carbons (Fsp3) is 0.294. The van der Waals surface area contributed by atoms with Crippen molar-refractivity contribution in [1.82, 2.24) is 10.3 Å². The first kappa shape index (κ1) is 19.4. The lowest BCUT2D eigenvalue weighted by Gasteiger charge is -2.07. The Kier molecular flexibility index (Phi) is 7.10. The Morgan fingerprint density at radius 2 is 1.88 bits per heavy atom. The maximum Gasteiger partial charge on any atom is 0.413 e. The van der Waals surface area contributed by atoms with Gasteiger partial charge < -0.3 is 14.2 Å². The van der Waals surface area contributed by atoms with Crippen LogP contribution in [0.1, 0.15) is 28.0 Å². The van der Waals surface area contributed by atoms with E-state index in [0.717, 1.165) is 10.7 Å². The molecular weight excluding hydrogens is 360 g/mol. The summed E-state index contributed by atoms with van der Waals surface area (Å²) in [5, 5.41) is 4.81. The Morgan fingerprint density at radius 1 is 1.15 bits per heavy atom. The number of amides is 2. The SMILES string of the molecule is CCOC(=O)NC(=O)COC(=O)c1ccc(OCc2csc(C)n2)cc1. The number of hydrogen-bond acceptors (Lipinski definition) is 8. The van der Waals surface area contributed by atoms with Gasteiger partial charge >= 0.3 is 12.1 Å². The number of imide groups is 1. The summed E-state index contributed by atoms with van der Waals surface area (Å²) < 4.78 is 15.0. The van der Waals surface area contributed by atoms with Crippen LogP contribution in [0.15, 0.2) is 29.6 Å². The van der Waals surface area contributed by atoms with Gasteiger partial charge in [-0.3, -0.25) is 10.1 Å². The second kappa shape index (κ2) is 9.52. The van der Waals surface area contributed by atoms with Crippen molar-refractivity contribution in [3.8, 4) is 5.75 Å². The molecular formula is C17H18N2O6S. The molecule has 8 nitrogen and oxygen atoms in total. The molecule has 0 aliphatic heterocycles. The van der Waals surface area contributed by atoms with Crippen LogP contribution < -0.4 is 10.1 Å². The second-order valence-electron chi connectivity index (χ2n) is 5.02. The van der Waals surface area contributed by atoms with E-state index >= 15 is 0 Å². The van der Waals surface area contributed by atoms with E-state index in [9.17, 15) is 14.4 Å². The Bertz CT molecular complexity index is 772. The highest BCUT2D eigenvalue weighted by molar-refractivity contribution is 7.09. The maximum atomic E-state index is 11.9. The average Bonchev–Trinajstić information content (AvgIpc) is 3.04. The topological polar surface area (TPSA) is 104 Å². The van der Waals surface area contributed by atoms with Crippen LogP contribution in [-0.4, -0.2) is 36.2 Å². The molecule has 26 heavy (non-hydrogen) atoms. The van der Waals surface area contributed by atoms with Gasteiger partial charge in [-0.05, 0) is 38.1 Å². The van der Waals surface area contributed by atoms with Crippen molar-refractivity contribution in [2.24, 2.45) is 0 Å². The minimum atomic E-state index is -0.884. The van der Waals surface area contributed by atoms with Gasteiger partial charge in [0, 0.05) is 5.38 Å². The number of aromatic nitrogens is 1. The summed E-state index contributed by atoms with van der Waals surface area (Å²) in [7, 11) is 0. The summed E-state index contributed by atoms with van der Waals surface area (Å²) in [6, 6.07) is 6.28. The molecule has 1 aromatic carbocycles. The lowest BCUT2D eigenvalue weighted by Crippen LogP contribution is -2.34. The standard InChI is InChI=1S/C17H18N2O6S/c1-3-23-17(22)19-15(20)9-25-16(21)12-4-6-14(7-5-12)24-8-13-10-26-11(2)18-13/h4-7,10H,3,8-9H2,1-2H3,(H,19,20,22). The zero-order chi connectivity index (χ0) is 18.9. The average molecular weight is 378 g/mol. The number of nitrogens with zero attached hydrogens (tertiary/aromatic N) is 1. The van der Waals surface area contributed by atoms with Crippen LogP contribution in [0.4, 0.5) is 4.79 Å². The van der Waals surface area contributed by atoms with Crippen molar-refractivity contribution in [2.75, 3.05) is 13.2 Å². The predicted octanol–water partition coefficient (Wildman–Crippen LogP) is 2.46. The van der Waals surface area contributed by atoms with Crippen molar-refractivity contribution in [1.29, 1.82) is 0 Å². The van der Waals surface area contributed by atoms with Crippen molar-refractivity contribution in [3.05, 3.63) is 45.9 Å². The van der Waals surface area contributed by atoms with E-state index in [1.165, 1.54) is 12.1 Å². The smallest absolute Gasteiger partial charge is 0.413 e. The van der Waals surface area contributed by atoms with E-state index in [1.54, 1.807) is 30.4 Å². The highest BCUT2D eigenvalue weighted by Gasteiger charge is 2.13. The number of carbonyl (C=O) groups is 3. The molecule has 138 valence electrons. The molecule has 2 aromatic rings. The van der Waals surface area contributed by atoms with Crippen molar-refractivity contribution >= 4 is 29.3 Å². The Labute approximate surface area is 154 Å². The molecule has 0 saturated heterocycles. The van der Waals surface area contributed by atoms with E-state index in [4.69, 9.17) is 9.47 Å². The van der Waals surface area contributed by atoms with Gasteiger partial charge in [0.1, 0.15) is 12.4 Å². The number of nitrogens with one attached hydrogen (secondary N) is 1. The summed E-state index contributed by atoms with van der Waals surface area (Å²) >= 11 is 1.55. The summed E-state index contributed by atoms with van der Waals surface area (Å²) in [5.74, 6) is -0.881. The molecule has 0 unspecified atom stereocenters. The van der Waals surface area contributed by atoms with Crippen LogP contribution in [0.5, 0.6) is 5.75 Å². The number of ether oxygens (including phenoxy) is 3. The van der Waals surface area contributed by atoms with Crippen LogP contribution >= 0.6 is 11.3 Å². The van der Waals surface area contributed by atoms with Gasteiger partial charge in [-0.1, -0.05) is 0 Å². The molecule has 0 fully saturated rings. The third-order valence-corrected chi connectivity index (χ3v) is 3.82.